The maximum absolute atomic E-state index is 8.42. The van der Waals surface area contributed by atoms with Crippen LogP contribution in [0.25, 0.3) is 0 Å². The Morgan fingerprint density at radius 1 is 0.900 bits per heavy atom. The van der Waals surface area contributed by atoms with E-state index in [4.69, 9.17) is 5.11 Å². The van der Waals surface area contributed by atoms with E-state index in [0.29, 0.717) is 6.61 Å². The summed E-state index contributed by atoms with van der Waals surface area (Å²) >= 11 is 0. The molecule has 62 valence electrons. The van der Waals surface area contributed by atoms with Gasteiger partial charge in [-0.1, -0.05) is 39.0 Å². The molecule has 1 N–H and O–H groups in total. The minimum atomic E-state index is 0. The van der Waals surface area contributed by atoms with Crippen LogP contribution in [0.1, 0.15) is 45.4 Å². The Morgan fingerprint density at radius 2 is 1.40 bits per heavy atom. The first-order valence-electron chi connectivity index (χ1n) is 4.02. The maximum atomic E-state index is 8.42. The monoisotopic (exact) mass is 282 g/mol. The van der Waals surface area contributed by atoms with E-state index >= 15 is 0 Å². The van der Waals surface area contributed by atoms with Gasteiger partial charge in [0.1, 0.15) is 0 Å². The summed E-state index contributed by atoms with van der Waals surface area (Å²) < 4.78 is 0. The second-order valence-electron chi connectivity index (χ2n) is 2.49. The van der Waals surface area contributed by atoms with Gasteiger partial charge in [-0.2, -0.15) is 0 Å². The Kier molecular flexibility index (Phi) is 17.9. The number of rotatable bonds is 6. The SMILES string of the molecule is CCCCCCCCO.[Sm]. The zero-order valence-corrected chi connectivity index (χ0v) is 9.42. The predicted octanol–water partition coefficient (Wildman–Crippen LogP) is 2.34. The van der Waals surface area contributed by atoms with E-state index < -0.39 is 0 Å². The van der Waals surface area contributed by atoms with Gasteiger partial charge in [-0.15, -0.1) is 0 Å². The van der Waals surface area contributed by atoms with Gasteiger partial charge >= 0.3 is 0 Å². The van der Waals surface area contributed by atoms with E-state index in [2.05, 4.69) is 6.92 Å². The molecular weight excluding hydrogens is 262 g/mol. The second kappa shape index (κ2) is 12.9. The number of hydrogen-bond donors (Lipinski definition) is 1. The summed E-state index contributed by atoms with van der Waals surface area (Å²) in [6.45, 7) is 2.58. The Balaban J connectivity index is 0. The quantitative estimate of drug-likeness (QED) is 0.741. The molecule has 0 amide bonds. The van der Waals surface area contributed by atoms with Gasteiger partial charge in [0.15, 0.2) is 0 Å². The third-order valence-electron chi connectivity index (χ3n) is 1.51. The van der Waals surface area contributed by atoms with Crippen LogP contribution in [0.15, 0.2) is 0 Å². The van der Waals surface area contributed by atoms with E-state index in [1.54, 1.807) is 0 Å². The molecule has 0 aliphatic rings. The number of aliphatic hydroxyl groups excluding tert-OH is 1. The van der Waals surface area contributed by atoms with Crippen molar-refractivity contribution in [3.8, 4) is 0 Å². The van der Waals surface area contributed by atoms with Crippen molar-refractivity contribution in [2.75, 3.05) is 6.61 Å². The molecule has 0 radical (unpaired) electrons. The third kappa shape index (κ3) is 12.0. The molecule has 0 unspecified atom stereocenters. The molecular formula is C8H18OSm. The first-order valence-corrected chi connectivity index (χ1v) is 4.02. The maximum Gasteiger partial charge on any atom is 0.0431 e. The zero-order valence-electron chi connectivity index (χ0n) is 6.81. The van der Waals surface area contributed by atoms with Crippen LogP contribution in [0.2, 0.25) is 0 Å². The summed E-state index contributed by atoms with van der Waals surface area (Å²) in [5, 5.41) is 8.42. The third-order valence-corrected chi connectivity index (χ3v) is 1.51. The minimum absolute atomic E-state index is 0. The van der Waals surface area contributed by atoms with Crippen molar-refractivity contribution in [3.63, 3.8) is 0 Å². The van der Waals surface area contributed by atoms with Crippen LogP contribution < -0.4 is 0 Å². The average Bonchev–Trinajstić information content (AvgIpc) is 1.89. The molecule has 0 saturated heterocycles. The Labute approximate surface area is 96.7 Å². The Bertz CT molecular complexity index is 42.5. The Hall–Kier alpha value is 1.30. The van der Waals surface area contributed by atoms with E-state index in [1.807, 2.05) is 0 Å². The van der Waals surface area contributed by atoms with Crippen LogP contribution in [0.3, 0.4) is 0 Å². The second-order valence-corrected chi connectivity index (χ2v) is 2.49. The molecule has 10 heavy (non-hydrogen) atoms. The largest absolute Gasteiger partial charge is 0.396 e. The van der Waals surface area contributed by atoms with Gasteiger partial charge in [-0.25, -0.2) is 0 Å². The first-order chi connectivity index (χ1) is 4.41. The molecule has 0 atom stereocenters. The van der Waals surface area contributed by atoms with Crippen molar-refractivity contribution in [1.29, 1.82) is 0 Å². The van der Waals surface area contributed by atoms with Gasteiger partial charge in [0.2, 0.25) is 0 Å². The number of hydrogen-bond acceptors (Lipinski definition) is 1. The molecule has 0 aromatic rings. The molecule has 0 spiro atoms. The van der Waals surface area contributed by atoms with Crippen LogP contribution in [0.4, 0.5) is 0 Å². The fraction of sp³-hybridized carbons (Fsp3) is 1.00. The van der Waals surface area contributed by atoms with E-state index in [9.17, 15) is 0 Å². The van der Waals surface area contributed by atoms with Crippen molar-refractivity contribution < 1.29 is 45.5 Å². The molecule has 0 aliphatic heterocycles. The van der Waals surface area contributed by atoms with Crippen molar-refractivity contribution >= 4 is 0 Å². The van der Waals surface area contributed by atoms with Crippen LogP contribution in [0.5, 0.6) is 0 Å². The summed E-state index contributed by atoms with van der Waals surface area (Å²) in [4.78, 5) is 0. The fourth-order valence-electron chi connectivity index (χ4n) is 0.892. The minimum Gasteiger partial charge on any atom is -0.396 e. The normalized spacial score (nSPS) is 9.00. The standard InChI is InChI=1S/C8H18O.Sm/c1-2-3-4-5-6-7-8-9;/h9H,2-8H2,1H3;. The van der Waals surface area contributed by atoms with Gasteiger partial charge in [0.05, 0.1) is 0 Å². The van der Waals surface area contributed by atoms with Gasteiger partial charge in [-0.3, -0.25) is 0 Å². The molecule has 2 heteroatoms. The molecule has 0 aliphatic carbocycles. The summed E-state index contributed by atoms with van der Waals surface area (Å²) in [6, 6.07) is 0. The molecule has 0 fully saturated rings. The van der Waals surface area contributed by atoms with Crippen LogP contribution in [0, 0.1) is 40.4 Å². The zero-order chi connectivity index (χ0) is 6.95. The molecule has 0 heterocycles. The van der Waals surface area contributed by atoms with E-state index in [0.717, 1.165) is 6.42 Å². The molecule has 0 bridgehead atoms. The van der Waals surface area contributed by atoms with Crippen LogP contribution in [-0.4, -0.2) is 11.7 Å². The van der Waals surface area contributed by atoms with Gasteiger partial charge in [0.25, 0.3) is 0 Å². The topological polar surface area (TPSA) is 20.2 Å². The van der Waals surface area contributed by atoms with Crippen molar-refractivity contribution in [3.05, 3.63) is 0 Å². The number of unbranched alkanes of at least 4 members (excludes halogenated alkanes) is 5. The van der Waals surface area contributed by atoms with E-state index in [1.165, 1.54) is 32.1 Å². The fourth-order valence-corrected chi connectivity index (χ4v) is 0.892. The van der Waals surface area contributed by atoms with Crippen LogP contribution in [-0.2, 0) is 0 Å². The first kappa shape index (κ1) is 13.9. The van der Waals surface area contributed by atoms with Crippen molar-refractivity contribution in [1.82, 2.24) is 0 Å². The van der Waals surface area contributed by atoms with Gasteiger partial charge < -0.3 is 5.11 Å². The molecule has 0 saturated carbocycles. The molecule has 0 rings (SSSR count). The molecule has 1 nitrogen and oxygen atoms in total. The summed E-state index contributed by atoms with van der Waals surface area (Å²) in [5.74, 6) is 0. The predicted molar refractivity (Wildman–Crippen MR) is 40.5 cm³/mol. The van der Waals surface area contributed by atoms with Crippen molar-refractivity contribution in [2.24, 2.45) is 0 Å². The summed E-state index contributed by atoms with van der Waals surface area (Å²) in [7, 11) is 0. The smallest absolute Gasteiger partial charge is 0.0431 e. The van der Waals surface area contributed by atoms with Gasteiger partial charge in [0, 0.05) is 47.0 Å². The Morgan fingerprint density at radius 3 is 1.90 bits per heavy atom. The summed E-state index contributed by atoms with van der Waals surface area (Å²) in [5.41, 5.74) is 0. The molecule has 0 aromatic heterocycles. The van der Waals surface area contributed by atoms with E-state index in [-0.39, 0.29) is 40.4 Å². The summed E-state index contributed by atoms with van der Waals surface area (Å²) in [6.07, 6.45) is 7.50. The average molecular weight is 281 g/mol. The van der Waals surface area contributed by atoms with Crippen LogP contribution >= 0.6 is 0 Å². The molecule has 0 aromatic carbocycles. The van der Waals surface area contributed by atoms with Gasteiger partial charge in [-0.05, 0) is 6.42 Å². The number of aliphatic hydroxyl groups is 1. The van der Waals surface area contributed by atoms with Crippen molar-refractivity contribution in [2.45, 2.75) is 45.4 Å².